The first-order valence-corrected chi connectivity index (χ1v) is 8.97. The molecule has 142 valence electrons. The van der Waals surface area contributed by atoms with Crippen LogP contribution in [-0.4, -0.2) is 45.9 Å². The molecule has 0 fully saturated rings. The predicted octanol–water partition coefficient (Wildman–Crippen LogP) is 2.04. The highest BCUT2D eigenvalue weighted by Crippen LogP contribution is 2.18. The Morgan fingerprint density at radius 1 is 1.19 bits per heavy atom. The number of H-pyrrole nitrogens is 1. The second kappa shape index (κ2) is 9.42. The van der Waals surface area contributed by atoms with Crippen molar-refractivity contribution in [3.05, 3.63) is 54.6 Å². The van der Waals surface area contributed by atoms with E-state index in [1.807, 2.05) is 55.7 Å². The molecule has 0 saturated carbocycles. The van der Waals surface area contributed by atoms with Gasteiger partial charge in [0.05, 0.1) is 7.11 Å². The van der Waals surface area contributed by atoms with Crippen LogP contribution in [0.3, 0.4) is 0 Å². The number of hydrogen-bond acceptors (Lipinski definition) is 4. The molecular weight excluding hydrogens is 342 g/mol. The van der Waals surface area contributed by atoms with E-state index in [1.54, 1.807) is 7.11 Å². The number of nitrogens with one attached hydrogen (secondary N) is 3. The molecule has 0 aliphatic carbocycles. The monoisotopic (exact) mass is 367 g/mol. The Bertz CT molecular complexity index is 837. The standard InChI is InChI=1S/C19H25N7O/c1-3-20-19(21-10-13-26-11-4-5-12-26)22-14-17-23-18(25-24-17)15-6-8-16(27-2)9-7-15/h4-9,11-12H,3,10,13-14H2,1-2H3,(H2,20,21,22)(H,23,24,25). The van der Waals surface area contributed by atoms with Gasteiger partial charge in [-0.3, -0.25) is 5.10 Å². The maximum absolute atomic E-state index is 5.17. The first-order valence-electron chi connectivity index (χ1n) is 8.97. The number of aromatic nitrogens is 4. The van der Waals surface area contributed by atoms with Gasteiger partial charge in [0.2, 0.25) is 0 Å². The summed E-state index contributed by atoms with van der Waals surface area (Å²) in [6.45, 7) is 4.92. The van der Waals surface area contributed by atoms with Crippen LogP contribution < -0.4 is 15.4 Å². The molecule has 0 radical (unpaired) electrons. The van der Waals surface area contributed by atoms with Crippen molar-refractivity contribution >= 4 is 5.96 Å². The number of ether oxygens (including phenoxy) is 1. The van der Waals surface area contributed by atoms with Crippen LogP contribution >= 0.6 is 0 Å². The van der Waals surface area contributed by atoms with Crippen molar-refractivity contribution in [2.24, 2.45) is 4.99 Å². The first-order chi connectivity index (χ1) is 13.3. The van der Waals surface area contributed by atoms with E-state index in [0.717, 1.165) is 36.9 Å². The Morgan fingerprint density at radius 2 is 1.96 bits per heavy atom. The highest BCUT2D eigenvalue weighted by Gasteiger charge is 2.06. The quantitative estimate of drug-likeness (QED) is 0.419. The molecule has 27 heavy (non-hydrogen) atoms. The number of rotatable bonds is 8. The van der Waals surface area contributed by atoms with E-state index in [9.17, 15) is 0 Å². The highest BCUT2D eigenvalue weighted by molar-refractivity contribution is 5.79. The molecular formula is C19H25N7O. The smallest absolute Gasteiger partial charge is 0.191 e. The van der Waals surface area contributed by atoms with E-state index in [4.69, 9.17) is 4.74 Å². The average Bonchev–Trinajstić information content (AvgIpc) is 3.38. The molecule has 0 aliphatic heterocycles. The summed E-state index contributed by atoms with van der Waals surface area (Å²) in [7, 11) is 1.65. The maximum atomic E-state index is 5.17. The molecule has 0 amide bonds. The SMILES string of the molecule is CCNC(=NCc1nc(-c2ccc(OC)cc2)n[nH]1)NCCn1cccc1. The minimum absolute atomic E-state index is 0.419. The molecule has 3 rings (SSSR count). The average molecular weight is 367 g/mol. The summed E-state index contributed by atoms with van der Waals surface area (Å²) in [6, 6.07) is 11.7. The molecule has 8 heteroatoms. The van der Waals surface area contributed by atoms with Gasteiger partial charge in [-0.05, 0) is 43.3 Å². The van der Waals surface area contributed by atoms with Crippen LogP contribution in [0, 0.1) is 0 Å². The number of methoxy groups -OCH3 is 1. The van der Waals surface area contributed by atoms with Gasteiger partial charge in [0.1, 0.15) is 18.1 Å². The van der Waals surface area contributed by atoms with Crippen LogP contribution in [-0.2, 0) is 13.1 Å². The normalized spacial score (nSPS) is 11.4. The first kappa shape index (κ1) is 18.5. The Kier molecular flexibility index (Phi) is 6.45. The molecule has 0 unspecified atom stereocenters. The van der Waals surface area contributed by atoms with E-state index in [-0.39, 0.29) is 0 Å². The van der Waals surface area contributed by atoms with E-state index in [2.05, 4.69) is 35.4 Å². The maximum Gasteiger partial charge on any atom is 0.191 e. The minimum Gasteiger partial charge on any atom is -0.497 e. The zero-order valence-corrected chi connectivity index (χ0v) is 15.6. The molecule has 3 N–H and O–H groups in total. The van der Waals surface area contributed by atoms with Crippen LogP contribution in [0.25, 0.3) is 11.4 Å². The van der Waals surface area contributed by atoms with Crippen LogP contribution in [0.2, 0.25) is 0 Å². The van der Waals surface area contributed by atoms with Gasteiger partial charge in [0, 0.05) is 37.6 Å². The summed E-state index contributed by atoms with van der Waals surface area (Å²) in [5, 5.41) is 13.8. The van der Waals surface area contributed by atoms with Crippen LogP contribution in [0.1, 0.15) is 12.7 Å². The lowest BCUT2D eigenvalue weighted by Gasteiger charge is -2.11. The van der Waals surface area contributed by atoms with Gasteiger partial charge in [-0.2, -0.15) is 5.10 Å². The highest BCUT2D eigenvalue weighted by atomic mass is 16.5. The van der Waals surface area contributed by atoms with E-state index >= 15 is 0 Å². The van der Waals surface area contributed by atoms with Gasteiger partial charge in [0.25, 0.3) is 0 Å². The predicted molar refractivity (Wildman–Crippen MR) is 106 cm³/mol. The van der Waals surface area contributed by atoms with E-state index < -0.39 is 0 Å². The molecule has 3 aromatic rings. The number of benzene rings is 1. The summed E-state index contributed by atoms with van der Waals surface area (Å²) in [6.07, 6.45) is 4.09. The number of guanidine groups is 1. The summed E-state index contributed by atoms with van der Waals surface area (Å²) in [5.41, 5.74) is 0.930. The fraction of sp³-hybridized carbons (Fsp3) is 0.316. The number of aliphatic imine (C=N–C) groups is 1. The van der Waals surface area contributed by atoms with Crippen LogP contribution in [0.5, 0.6) is 5.75 Å². The van der Waals surface area contributed by atoms with E-state index in [0.29, 0.717) is 18.2 Å². The molecule has 0 aliphatic rings. The van der Waals surface area contributed by atoms with Crippen molar-refractivity contribution in [2.75, 3.05) is 20.2 Å². The van der Waals surface area contributed by atoms with Crippen molar-refractivity contribution in [3.63, 3.8) is 0 Å². The Morgan fingerprint density at radius 3 is 2.67 bits per heavy atom. The van der Waals surface area contributed by atoms with Crippen molar-refractivity contribution < 1.29 is 4.74 Å². The fourth-order valence-corrected chi connectivity index (χ4v) is 2.55. The van der Waals surface area contributed by atoms with Crippen LogP contribution in [0.4, 0.5) is 0 Å². The molecule has 1 aromatic carbocycles. The molecule has 0 atom stereocenters. The third kappa shape index (κ3) is 5.34. The number of nitrogens with zero attached hydrogens (tertiary/aromatic N) is 4. The lowest BCUT2D eigenvalue weighted by Crippen LogP contribution is -2.38. The van der Waals surface area contributed by atoms with Crippen molar-refractivity contribution in [1.82, 2.24) is 30.4 Å². The topological polar surface area (TPSA) is 92.2 Å². The van der Waals surface area contributed by atoms with Crippen molar-refractivity contribution in [1.29, 1.82) is 0 Å². The van der Waals surface area contributed by atoms with Gasteiger partial charge < -0.3 is 19.9 Å². The number of aromatic amines is 1. The third-order valence-electron chi connectivity index (χ3n) is 3.94. The number of hydrogen-bond donors (Lipinski definition) is 3. The Labute approximate surface area is 158 Å². The summed E-state index contributed by atoms with van der Waals surface area (Å²) in [4.78, 5) is 9.08. The second-order valence-electron chi connectivity index (χ2n) is 5.88. The molecule has 8 nitrogen and oxygen atoms in total. The van der Waals surface area contributed by atoms with Crippen molar-refractivity contribution in [3.8, 4) is 17.1 Å². The Hall–Kier alpha value is -3.29. The lowest BCUT2D eigenvalue weighted by molar-refractivity contribution is 0.415. The van der Waals surface area contributed by atoms with Gasteiger partial charge in [-0.25, -0.2) is 9.98 Å². The summed E-state index contributed by atoms with van der Waals surface area (Å²) >= 11 is 0. The molecule has 0 bridgehead atoms. The van der Waals surface area contributed by atoms with Gasteiger partial charge in [-0.1, -0.05) is 0 Å². The molecule has 2 heterocycles. The van der Waals surface area contributed by atoms with Gasteiger partial charge in [-0.15, -0.1) is 0 Å². The fourth-order valence-electron chi connectivity index (χ4n) is 2.55. The Balaban J connectivity index is 1.57. The molecule has 0 spiro atoms. The summed E-state index contributed by atoms with van der Waals surface area (Å²) in [5.74, 6) is 2.92. The lowest BCUT2D eigenvalue weighted by atomic mass is 10.2. The summed E-state index contributed by atoms with van der Waals surface area (Å²) < 4.78 is 7.29. The van der Waals surface area contributed by atoms with E-state index in [1.165, 1.54) is 0 Å². The van der Waals surface area contributed by atoms with Crippen molar-refractivity contribution in [2.45, 2.75) is 20.0 Å². The second-order valence-corrected chi connectivity index (χ2v) is 5.88. The van der Waals surface area contributed by atoms with Gasteiger partial charge >= 0.3 is 0 Å². The minimum atomic E-state index is 0.419. The zero-order valence-electron chi connectivity index (χ0n) is 15.6. The zero-order chi connectivity index (χ0) is 18.9. The van der Waals surface area contributed by atoms with Gasteiger partial charge in [0.15, 0.2) is 11.8 Å². The largest absolute Gasteiger partial charge is 0.497 e. The van der Waals surface area contributed by atoms with Crippen LogP contribution in [0.15, 0.2) is 53.8 Å². The molecule has 2 aromatic heterocycles. The molecule has 0 saturated heterocycles. The third-order valence-corrected chi connectivity index (χ3v) is 3.94.